The fourth-order valence-corrected chi connectivity index (χ4v) is 0.328. The van der Waals surface area contributed by atoms with Gasteiger partial charge in [0.15, 0.2) is 0 Å². The van der Waals surface area contributed by atoms with Gasteiger partial charge in [0.05, 0.1) is 0 Å². The quantitative estimate of drug-likeness (QED) is 0.449. The molecule has 0 atom stereocenters. The van der Waals surface area contributed by atoms with E-state index in [4.69, 9.17) is 0 Å². The number of rotatable bonds is 1. The molecule has 2 saturated heterocycles. The van der Waals surface area contributed by atoms with Gasteiger partial charge in [0.1, 0.15) is 13.6 Å². The SMILES string of the molecule is COB1OCO1.[B]1OCO1. The molecule has 2 heterocycles. The van der Waals surface area contributed by atoms with Crippen molar-refractivity contribution in [2.24, 2.45) is 0 Å². The van der Waals surface area contributed by atoms with Gasteiger partial charge in [-0.25, -0.2) is 0 Å². The zero-order chi connectivity index (χ0) is 7.23. The average molecular weight is 145 g/mol. The maximum absolute atomic E-state index is 4.64. The minimum atomic E-state index is -0.384. The Morgan fingerprint density at radius 2 is 1.80 bits per heavy atom. The summed E-state index contributed by atoms with van der Waals surface area (Å²) in [6.45, 7) is 0.818. The lowest BCUT2D eigenvalue weighted by Crippen LogP contribution is -2.37. The van der Waals surface area contributed by atoms with Gasteiger partial charge in [-0.15, -0.1) is 0 Å². The Morgan fingerprint density at radius 1 is 1.30 bits per heavy atom. The highest BCUT2D eigenvalue weighted by Crippen LogP contribution is 1.99. The predicted molar refractivity (Wildman–Crippen MR) is 32.6 cm³/mol. The highest BCUT2D eigenvalue weighted by molar-refractivity contribution is 6.38. The van der Waals surface area contributed by atoms with E-state index in [2.05, 4.69) is 23.3 Å². The van der Waals surface area contributed by atoms with Crippen LogP contribution in [-0.4, -0.2) is 35.7 Å². The molecule has 0 aromatic carbocycles. The van der Waals surface area contributed by atoms with Crippen LogP contribution in [0.1, 0.15) is 0 Å². The van der Waals surface area contributed by atoms with Crippen molar-refractivity contribution in [3.05, 3.63) is 0 Å². The predicted octanol–water partition coefficient (Wildman–Crippen LogP) is -0.853. The second kappa shape index (κ2) is 4.70. The monoisotopic (exact) mass is 145 g/mol. The second-order valence-corrected chi connectivity index (χ2v) is 1.52. The summed E-state index contributed by atoms with van der Waals surface area (Å²) < 4.78 is 22.6. The maximum Gasteiger partial charge on any atom is 0.642 e. The summed E-state index contributed by atoms with van der Waals surface area (Å²) in [5, 5.41) is 0. The van der Waals surface area contributed by atoms with Gasteiger partial charge in [-0.3, -0.25) is 0 Å². The number of hydrogen-bond donors (Lipinski definition) is 0. The zero-order valence-corrected chi connectivity index (χ0v) is 5.61. The normalized spacial score (nSPS) is 21.1. The van der Waals surface area contributed by atoms with E-state index < -0.39 is 0 Å². The van der Waals surface area contributed by atoms with Crippen molar-refractivity contribution in [1.82, 2.24) is 0 Å². The first-order chi connectivity index (χ1) is 4.93. The first kappa shape index (κ1) is 8.03. The van der Waals surface area contributed by atoms with Gasteiger partial charge in [-0.05, 0) is 0 Å². The molecule has 2 aliphatic heterocycles. The third-order valence-electron chi connectivity index (χ3n) is 0.873. The zero-order valence-electron chi connectivity index (χ0n) is 5.61. The molecular formula is C3H7B2O5. The fourth-order valence-electron chi connectivity index (χ4n) is 0.328. The van der Waals surface area contributed by atoms with Crippen LogP contribution in [0.2, 0.25) is 0 Å². The highest BCUT2D eigenvalue weighted by Gasteiger charge is 2.27. The summed E-state index contributed by atoms with van der Waals surface area (Å²) in [5.41, 5.74) is 0. The summed E-state index contributed by atoms with van der Waals surface area (Å²) in [6.07, 6.45) is 0. The lowest BCUT2D eigenvalue weighted by atomic mass is 10.2. The van der Waals surface area contributed by atoms with Crippen molar-refractivity contribution in [3.63, 3.8) is 0 Å². The van der Waals surface area contributed by atoms with E-state index in [0.29, 0.717) is 13.6 Å². The van der Waals surface area contributed by atoms with Gasteiger partial charge < -0.3 is 23.3 Å². The molecule has 2 rings (SSSR count). The van der Waals surface area contributed by atoms with E-state index in [-0.39, 0.29) is 7.32 Å². The van der Waals surface area contributed by atoms with Crippen LogP contribution in [0.5, 0.6) is 0 Å². The van der Waals surface area contributed by atoms with Crippen molar-refractivity contribution in [1.29, 1.82) is 0 Å². The lowest BCUT2D eigenvalue weighted by Gasteiger charge is -2.19. The van der Waals surface area contributed by atoms with E-state index in [0.717, 1.165) is 0 Å². The second-order valence-electron chi connectivity index (χ2n) is 1.52. The molecule has 0 aromatic rings. The van der Waals surface area contributed by atoms with Gasteiger partial charge in [-0.1, -0.05) is 0 Å². The Labute approximate surface area is 60.0 Å². The van der Waals surface area contributed by atoms with Crippen molar-refractivity contribution in [2.75, 3.05) is 20.7 Å². The van der Waals surface area contributed by atoms with E-state index in [1.807, 2.05) is 0 Å². The minimum Gasteiger partial charge on any atom is -0.391 e. The molecular weight excluding hydrogens is 138 g/mol. The summed E-state index contributed by atoms with van der Waals surface area (Å²) >= 11 is 0. The molecule has 5 nitrogen and oxygen atoms in total. The van der Waals surface area contributed by atoms with Crippen LogP contribution in [0.15, 0.2) is 0 Å². The van der Waals surface area contributed by atoms with Crippen molar-refractivity contribution in [3.8, 4) is 0 Å². The molecule has 1 radical (unpaired) electrons. The van der Waals surface area contributed by atoms with Gasteiger partial charge in [-0.2, -0.15) is 0 Å². The van der Waals surface area contributed by atoms with E-state index in [9.17, 15) is 0 Å². The van der Waals surface area contributed by atoms with Gasteiger partial charge in [0.25, 0.3) is 0 Å². The molecule has 0 unspecified atom stereocenters. The Kier molecular flexibility index (Phi) is 3.77. The van der Waals surface area contributed by atoms with Crippen LogP contribution in [-0.2, 0) is 23.3 Å². The average Bonchev–Trinajstić information content (AvgIpc) is 1.55. The summed E-state index contributed by atoms with van der Waals surface area (Å²) in [7, 11) is 2.45. The van der Waals surface area contributed by atoms with Gasteiger partial charge >= 0.3 is 15.0 Å². The summed E-state index contributed by atoms with van der Waals surface area (Å²) in [4.78, 5) is 0. The van der Waals surface area contributed by atoms with E-state index >= 15 is 0 Å². The van der Waals surface area contributed by atoms with Crippen LogP contribution in [0.25, 0.3) is 0 Å². The van der Waals surface area contributed by atoms with Crippen molar-refractivity contribution in [2.45, 2.75) is 0 Å². The van der Waals surface area contributed by atoms with Crippen LogP contribution in [0.4, 0.5) is 0 Å². The fraction of sp³-hybridized carbons (Fsp3) is 1.00. The minimum absolute atomic E-state index is 0.374. The molecule has 0 N–H and O–H groups in total. The maximum atomic E-state index is 4.64. The number of hydrogen-bond acceptors (Lipinski definition) is 5. The molecule has 0 spiro atoms. The van der Waals surface area contributed by atoms with E-state index in [1.165, 1.54) is 14.8 Å². The first-order valence-corrected chi connectivity index (χ1v) is 2.74. The molecule has 0 aliphatic carbocycles. The van der Waals surface area contributed by atoms with Crippen LogP contribution in [0, 0.1) is 0 Å². The molecule has 7 heteroatoms. The Morgan fingerprint density at radius 3 is 1.80 bits per heavy atom. The third kappa shape index (κ3) is 2.68. The summed E-state index contributed by atoms with van der Waals surface area (Å²) in [5.74, 6) is 0. The molecule has 0 bridgehead atoms. The molecule has 2 fully saturated rings. The molecule has 0 aromatic heterocycles. The molecule has 0 amide bonds. The van der Waals surface area contributed by atoms with Gasteiger partial charge in [0, 0.05) is 7.11 Å². The van der Waals surface area contributed by atoms with Crippen LogP contribution in [0.3, 0.4) is 0 Å². The van der Waals surface area contributed by atoms with Crippen molar-refractivity contribution < 1.29 is 23.3 Å². The lowest BCUT2D eigenvalue weighted by molar-refractivity contribution is -0.0626. The molecule has 55 valence electrons. The molecule has 10 heavy (non-hydrogen) atoms. The third-order valence-corrected chi connectivity index (χ3v) is 0.873. The van der Waals surface area contributed by atoms with E-state index in [1.54, 1.807) is 0 Å². The highest BCUT2D eigenvalue weighted by atomic mass is 16.9. The smallest absolute Gasteiger partial charge is 0.391 e. The molecule has 0 saturated carbocycles. The summed E-state index contributed by atoms with van der Waals surface area (Å²) in [6, 6.07) is 0. The largest absolute Gasteiger partial charge is 0.642 e. The van der Waals surface area contributed by atoms with Crippen LogP contribution < -0.4 is 0 Å². The Bertz CT molecular complexity index is 76.2. The Balaban J connectivity index is 0.000000108. The topological polar surface area (TPSA) is 46.2 Å². The first-order valence-electron chi connectivity index (χ1n) is 2.74. The van der Waals surface area contributed by atoms with Crippen LogP contribution >= 0.6 is 0 Å². The van der Waals surface area contributed by atoms with Gasteiger partial charge in [0.2, 0.25) is 0 Å². The van der Waals surface area contributed by atoms with Crippen molar-refractivity contribution >= 4 is 15.0 Å². The Hall–Kier alpha value is -0.0701. The standard InChI is InChI=1S/C2H5BO3.CH2BO2/c1-4-3-5-2-6-3;1-3-2-4-1/h2H2,1H3;1H2. The molecule has 2 aliphatic rings.